The average Bonchev–Trinajstić information content (AvgIpc) is 2.94. The summed E-state index contributed by atoms with van der Waals surface area (Å²) in [6.07, 6.45) is 1.77. The Morgan fingerprint density at radius 3 is 2.80 bits per heavy atom. The van der Waals surface area contributed by atoms with Crippen molar-refractivity contribution in [1.29, 1.82) is 0 Å². The van der Waals surface area contributed by atoms with Gasteiger partial charge in [0.05, 0.1) is 18.2 Å². The van der Waals surface area contributed by atoms with Gasteiger partial charge in [0.2, 0.25) is 0 Å². The van der Waals surface area contributed by atoms with Gasteiger partial charge in [0.15, 0.2) is 0 Å². The summed E-state index contributed by atoms with van der Waals surface area (Å²) in [7, 11) is 1.33. The molecule has 3 N–H and O–H groups in total. The minimum Gasteiger partial charge on any atom is -0.465 e. The van der Waals surface area contributed by atoms with Crippen LogP contribution in [0.3, 0.4) is 0 Å². The van der Waals surface area contributed by atoms with Crippen molar-refractivity contribution in [1.82, 2.24) is 4.98 Å². The fourth-order valence-corrected chi connectivity index (χ4v) is 2.59. The van der Waals surface area contributed by atoms with Crippen molar-refractivity contribution < 1.29 is 9.53 Å². The molecule has 0 radical (unpaired) electrons. The predicted molar refractivity (Wildman–Crippen MR) is 81.0 cm³/mol. The maximum absolute atomic E-state index is 11.6. The lowest BCUT2D eigenvalue weighted by molar-refractivity contribution is 0.0602. The molecule has 0 aliphatic rings. The molecule has 1 aromatic heterocycles. The molecule has 0 unspecified atom stereocenters. The SMILES string of the molecule is COC(=O)c1cc(NC(C)(C)c2nccs2)ccc1N. The minimum atomic E-state index is -0.446. The molecule has 0 amide bonds. The average molecular weight is 291 g/mol. The molecule has 106 valence electrons. The van der Waals surface area contributed by atoms with Crippen molar-refractivity contribution in [2.24, 2.45) is 0 Å². The van der Waals surface area contributed by atoms with Crippen LogP contribution in [0.4, 0.5) is 11.4 Å². The molecule has 0 aliphatic heterocycles. The smallest absolute Gasteiger partial charge is 0.340 e. The van der Waals surface area contributed by atoms with Gasteiger partial charge in [-0.05, 0) is 32.0 Å². The van der Waals surface area contributed by atoms with Gasteiger partial charge >= 0.3 is 5.97 Å². The number of aromatic nitrogens is 1. The summed E-state index contributed by atoms with van der Waals surface area (Å²) in [4.78, 5) is 16.0. The summed E-state index contributed by atoms with van der Waals surface area (Å²) in [6.45, 7) is 4.06. The number of carbonyl (C=O) groups is 1. The molecule has 6 heteroatoms. The molecule has 0 bridgehead atoms. The van der Waals surface area contributed by atoms with Gasteiger partial charge in [-0.3, -0.25) is 0 Å². The van der Waals surface area contributed by atoms with Crippen LogP contribution in [0.2, 0.25) is 0 Å². The van der Waals surface area contributed by atoms with Crippen LogP contribution in [0.15, 0.2) is 29.8 Å². The molecule has 5 nitrogen and oxygen atoms in total. The molecule has 0 saturated heterocycles. The van der Waals surface area contributed by atoms with Crippen molar-refractivity contribution in [2.45, 2.75) is 19.4 Å². The first-order valence-corrected chi connectivity index (χ1v) is 6.98. The standard InChI is InChI=1S/C14H17N3O2S/c1-14(2,13-16-6-7-20-13)17-9-4-5-11(15)10(8-9)12(18)19-3/h4-8,17H,15H2,1-3H3. The Bertz CT molecular complexity index is 609. The summed E-state index contributed by atoms with van der Waals surface area (Å²) >= 11 is 1.58. The number of rotatable bonds is 4. The lowest BCUT2D eigenvalue weighted by Crippen LogP contribution is -2.27. The van der Waals surface area contributed by atoms with E-state index in [1.54, 1.807) is 29.7 Å². The zero-order chi connectivity index (χ0) is 14.8. The maximum Gasteiger partial charge on any atom is 0.340 e. The Morgan fingerprint density at radius 1 is 1.45 bits per heavy atom. The van der Waals surface area contributed by atoms with E-state index in [9.17, 15) is 4.79 Å². The summed E-state index contributed by atoms with van der Waals surface area (Å²) in [5, 5.41) is 6.25. The third-order valence-electron chi connectivity index (χ3n) is 2.88. The number of methoxy groups -OCH3 is 1. The summed E-state index contributed by atoms with van der Waals surface area (Å²) < 4.78 is 4.72. The van der Waals surface area contributed by atoms with Crippen molar-refractivity contribution >= 4 is 28.7 Å². The number of thiazole rings is 1. The first-order valence-electron chi connectivity index (χ1n) is 6.10. The highest BCUT2D eigenvalue weighted by atomic mass is 32.1. The van der Waals surface area contributed by atoms with E-state index in [1.807, 2.05) is 25.3 Å². The van der Waals surface area contributed by atoms with E-state index >= 15 is 0 Å². The Labute approximate surface area is 121 Å². The topological polar surface area (TPSA) is 77.2 Å². The van der Waals surface area contributed by atoms with Gasteiger partial charge in [0.1, 0.15) is 5.01 Å². The Morgan fingerprint density at radius 2 is 2.20 bits per heavy atom. The molecule has 2 rings (SSSR count). The second kappa shape index (κ2) is 5.50. The van der Waals surface area contributed by atoms with Crippen LogP contribution in [0.5, 0.6) is 0 Å². The number of carbonyl (C=O) groups excluding carboxylic acids is 1. The number of benzene rings is 1. The molecule has 1 aromatic carbocycles. The largest absolute Gasteiger partial charge is 0.465 e. The van der Waals surface area contributed by atoms with Gasteiger partial charge in [-0.15, -0.1) is 11.3 Å². The third-order valence-corrected chi connectivity index (χ3v) is 3.98. The third kappa shape index (κ3) is 2.91. The normalized spacial score (nSPS) is 11.2. The van der Waals surface area contributed by atoms with E-state index in [2.05, 4.69) is 10.3 Å². The molecule has 2 aromatic rings. The van der Waals surface area contributed by atoms with Crippen LogP contribution in [0.1, 0.15) is 29.2 Å². The summed E-state index contributed by atoms with van der Waals surface area (Å²) in [5.74, 6) is -0.446. The number of nitrogen functional groups attached to an aromatic ring is 1. The zero-order valence-corrected chi connectivity index (χ0v) is 12.5. The molecular formula is C14H17N3O2S. The maximum atomic E-state index is 11.6. The van der Waals surface area contributed by atoms with E-state index in [1.165, 1.54) is 7.11 Å². The van der Waals surface area contributed by atoms with Crippen molar-refractivity contribution in [3.63, 3.8) is 0 Å². The fourth-order valence-electron chi connectivity index (χ4n) is 1.87. The minimum absolute atomic E-state index is 0.336. The molecular weight excluding hydrogens is 274 g/mol. The molecule has 1 heterocycles. The molecule has 0 fully saturated rings. The highest BCUT2D eigenvalue weighted by molar-refractivity contribution is 7.09. The summed E-state index contributed by atoms with van der Waals surface area (Å²) in [5.41, 5.74) is 6.99. The zero-order valence-electron chi connectivity index (χ0n) is 11.6. The van der Waals surface area contributed by atoms with E-state index in [0.29, 0.717) is 11.3 Å². The number of nitrogens with zero attached hydrogens (tertiary/aromatic N) is 1. The Kier molecular flexibility index (Phi) is 3.94. The van der Waals surface area contributed by atoms with Crippen molar-refractivity contribution in [3.05, 3.63) is 40.3 Å². The lowest BCUT2D eigenvalue weighted by Gasteiger charge is -2.25. The van der Waals surface area contributed by atoms with Crippen LogP contribution in [-0.4, -0.2) is 18.1 Å². The lowest BCUT2D eigenvalue weighted by atomic mass is 10.1. The van der Waals surface area contributed by atoms with Crippen molar-refractivity contribution in [3.8, 4) is 0 Å². The van der Waals surface area contributed by atoms with Crippen LogP contribution < -0.4 is 11.1 Å². The van der Waals surface area contributed by atoms with Gasteiger partial charge < -0.3 is 15.8 Å². The van der Waals surface area contributed by atoms with Crippen molar-refractivity contribution in [2.75, 3.05) is 18.2 Å². The van der Waals surface area contributed by atoms with Gasteiger partial charge in [-0.1, -0.05) is 0 Å². The molecule has 0 saturated carbocycles. The first-order chi connectivity index (χ1) is 9.44. The van der Waals surface area contributed by atoms with Crippen LogP contribution in [0, 0.1) is 0 Å². The van der Waals surface area contributed by atoms with E-state index in [4.69, 9.17) is 10.5 Å². The summed E-state index contributed by atoms with van der Waals surface area (Å²) in [6, 6.07) is 5.21. The highest BCUT2D eigenvalue weighted by Gasteiger charge is 2.23. The van der Waals surface area contributed by atoms with Crippen LogP contribution in [-0.2, 0) is 10.3 Å². The monoisotopic (exact) mass is 291 g/mol. The predicted octanol–water partition coefficient (Wildman–Crippen LogP) is 2.86. The number of hydrogen-bond donors (Lipinski definition) is 2. The molecule has 20 heavy (non-hydrogen) atoms. The quantitative estimate of drug-likeness (QED) is 0.669. The molecule has 0 atom stereocenters. The number of hydrogen-bond acceptors (Lipinski definition) is 6. The Balaban J connectivity index is 2.28. The van der Waals surface area contributed by atoms with Crippen LogP contribution >= 0.6 is 11.3 Å². The number of esters is 1. The van der Waals surface area contributed by atoms with E-state index < -0.39 is 5.97 Å². The Hall–Kier alpha value is -2.08. The van der Waals surface area contributed by atoms with E-state index in [-0.39, 0.29) is 5.54 Å². The number of anilines is 2. The highest BCUT2D eigenvalue weighted by Crippen LogP contribution is 2.28. The fraction of sp³-hybridized carbons (Fsp3) is 0.286. The number of nitrogens with one attached hydrogen (secondary N) is 1. The number of ether oxygens (including phenoxy) is 1. The van der Waals surface area contributed by atoms with Gasteiger partial charge in [-0.2, -0.15) is 0 Å². The van der Waals surface area contributed by atoms with Gasteiger partial charge in [-0.25, -0.2) is 9.78 Å². The van der Waals surface area contributed by atoms with E-state index in [0.717, 1.165) is 10.7 Å². The number of nitrogens with two attached hydrogens (primary N) is 1. The molecule has 0 spiro atoms. The van der Waals surface area contributed by atoms with Gasteiger partial charge in [0, 0.05) is 23.0 Å². The first kappa shape index (κ1) is 14.3. The second-order valence-corrected chi connectivity index (χ2v) is 5.78. The second-order valence-electron chi connectivity index (χ2n) is 4.88. The molecule has 0 aliphatic carbocycles. The van der Waals surface area contributed by atoms with Crippen LogP contribution in [0.25, 0.3) is 0 Å². The van der Waals surface area contributed by atoms with Gasteiger partial charge in [0.25, 0.3) is 0 Å².